The second-order valence-corrected chi connectivity index (χ2v) is 8.67. The van der Waals surface area contributed by atoms with Gasteiger partial charge < -0.3 is 10.6 Å². The normalized spacial score (nSPS) is 16.6. The molecule has 0 aliphatic carbocycles. The highest BCUT2D eigenvalue weighted by atomic mass is 35.5. The molecule has 9 heteroatoms. The van der Waals surface area contributed by atoms with Crippen LogP contribution >= 0.6 is 11.6 Å². The Hall–Kier alpha value is -2.84. The Morgan fingerprint density at radius 1 is 1.30 bits per heavy atom. The zero-order valence-electron chi connectivity index (χ0n) is 17.2. The molecule has 156 valence electrons. The van der Waals surface area contributed by atoms with E-state index in [1.165, 1.54) is 0 Å². The summed E-state index contributed by atoms with van der Waals surface area (Å²) >= 11 is 5.94. The van der Waals surface area contributed by atoms with Crippen molar-refractivity contribution in [1.29, 1.82) is 0 Å². The third-order valence-corrected chi connectivity index (χ3v) is 5.27. The molecule has 1 amide bonds. The van der Waals surface area contributed by atoms with Crippen LogP contribution in [-0.2, 0) is 12.1 Å². The molecule has 30 heavy (non-hydrogen) atoms. The van der Waals surface area contributed by atoms with Gasteiger partial charge in [0, 0.05) is 18.3 Å². The summed E-state index contributed by atoms with van der Waals surface area (Å²) in [6.07, 6.45) is 4.11. The fraction of sp³-hybridized carbons (Fsp3) is 0.381. The van der Waals surface area contributed by atoms with E-state index in [-0.39, 0.29) is 22.8 Å². The monoisotopic (exact) mass is 425 g/mol. The Morgan fingerprint density at radius 3 is 2.87 bits per heavy atom. The number of halogens is 1. The predicted molar refractivity (Wildman–Crippen MR) is 114 cm³/mol. The fourth-order valence-electron chi connectivity index (χ4n) is 3.46. The van der Waals surface area contributed by atoms with E-state index in [1.54, 1.807) is 17.1 Å². The molecule has 0 fully saturated rings. The second-order valence-electron chi connectivity index (χ2n) is 8.34. The van der Waals surface area contributed by atoms with E-state index in [9.17, 15) is 4.79 Å². The zero-order valence-corrected chi connectivity index (χ0v) is 17.9. The largest absolute Gasteiger partial charge is 0.344 e. The molecular formula is C21H24ClN7O. The van der Waals surface area contributed by atoms with E-state index in [0.29, 0.717) is 12.2 Å². The maximum Gasteiger partial charge on any atom is 0.273 e. The summed E-state index contributed by atoms with van der Waals surface area (Å²) in [5.74, 6) is -0.227. The molecule has 8 nitrogen and oxygen atoms in total. The Bertz CT molecular complexity index is 1070. The minimum absolute atomic E-state index is 0.120. The molecule has 1 aliphatic heterocycles. The van der Waals surface area contributed by atoms with Gasteiger partial charge in [-0.05, 0) is 68.6 Å². The average Bonchev–Trinajstić information content (AvgIpc) is 3.13. The summed E-state index contributed by atoms with van der Waals surface area (Å²) < 4.78 is 1.70. The molecule has 0 radical (unpaired) electrons. The summed E-state index contributed by atoms with van der Waals surface area (Å²) in [5.41, 5.74) is 4.01. The first-order chi connectivity index (χ1) is 14.3. The topological polar surface area (TPSA) is 97.6 Å². The highest BCUT2D eigenvalue weighted by Crippen LogP contribution is 2.28. The molecule has 1 atom stereocenters. The van der Waals surface area contributed by atoms with Crippen LogP contribution in [-0.4, -0.2) is 37.4 Å². The first-order valence-corrected chi connectivity index (χ1v) is 10.3. The van der Waals surface area contributed by atoms with Crippen LogP contribution in [0.15, 0.2) is 36.7 Å². The fourth-order valence-corrected chi connectivity index (χ4v) is 3.60. The van der Waals surface area contributed by atoms with Crippen LogP contribution in [0, 0.1) is 0 Å². The maximum absolute atomic E-state index is 12.8. The minimum Gasteiger partial charge on any atom is -0.344 e. The van der Waals surface area contributed by atoms with Crippen molar-refractivity contribution >= 4 is 17.5 Å². The summed E-state index contributed by atoms with van der Waals surface area (Å²) in [5, 5.41) is 14.9. The summed E-state index contributed by atoms with van der Waals surface area (Å²) in [4.78, 5) is 21.1. The second kappa shape index (κ2) is 8.12. The van der Waals surface area contributed by atoms with Gasteiger partial charge in [0.25, 0.3) is 5.91 Å². The molecular weight excluding hydrogens is 402 g/mol. The number of fused-ring (bicyclic) bond motifs is 1. The molecule has 2 aromatic heterocycles. The van der Waals surface area contributed by atoms with Gasteiger partial charge in [-0.1, -0.05) is 17.3 Å². The lowest BCUT2D eigenvalue weighted by atomic mass is 9.96. The van der Waals surface area contributed by atoms with Crippen molar-refractivity contribution in [2.45, 2.75) is 45.3 Å². The maximum atomic E-state index is 12.8. The van der Waals surface area contributed by atoms with Crippen LogP contribution in [0.2, 0.25) is 5.28 Å². The van der Waals surface area contributed by atoms with Crippen LogP contribution in [0.4, 0.5) is 0 Å². The van der Waals surface area contributed by atoms with Gasteiger partial charge in [-0.15, -0.1) is 5.10 Å². The molecule has 1 aliphatic rings. The standard InChI is InChI=1S/C21H24ClN7O/c1-21(2,3)29-12-18(27-28-29)19(30)25-17-6-8-23-11-14-10-13(4-5-15(14)17)16-7-9-24-20(22)26-16/h4-5,7,9-10,12,17,23H,6,8,11H2,1-3H3,(H,25,30). The van der Waals surface area contributed by atoms with Crippen LogP contribution < -0.4 is 10.6 Å². The Kier molecular flexibility index (Phi) is 5.53. The van der Waals surface area contributed by atoms with E-state index >= 15 is 0 Å². The number of aromatic nitrogens is 5. The number of hydrogen-bond acceptors (Lipinski definition) is 6. The number of carbonyl (C=O) groups is 1. The van der Waals surface area contributed by atoms with Gasteiger partial charge in [0.15, 0.2) is 5.69 Å². The number of amides is 1. The van der Waals surface area contributed by atoms with Crippen LogP contribution in [0.25, 0.3) is 11.3 Å². The van der Waals surface area contributed by atoms with Crippen molar-refractivity contribution < 1.29 is 4.79 Å². The van der Waals surface area contributed by atoms with E-state index in [4.69, 9.17) is 11.6 Å². The number of hydrogen-bond donors (Lipinski definition) is 2. The van der Waals surface area contributed by atoms with Crippen molar-refractivity contribution in [1.82, 2.24) is 35.6 Å². The van der Waals surface area contributed by atoms with Gasteiger partial charge in [0.2, 0.25) is 5.28 Å². The highest BCUT2D eigenvalue weighted by Gasteiger charge is 2.24. The van der Waals surface area contributed by atoms with Gasteiger partial charge in [-0.25, -0.2) is 14.6 Å². The quantitative estimate of drug-likeness (QED) is 0.626. The molecule has 1 unspecified atom stereocenters. The van der Waals surface area contributed by atoms with Crippen molar-refractivity contribution in [3.63, 3.8) is 0 Å². The summed E-state index contributed by atoms with van der Waals surface area (Å²) in [6.45, 7) is 7.55. The van der Waals surface area contributed by atoms with Gasteiger partial charge in [-0.3, -0.25) is 4.79 Å². The van der Waals surface area contributed by atoms with Crippen molar-refractivity contribution in [3.8, 4) is 11.3 Å². The van der Waals surface area contributed by atoms with E-state index in [0.717, 1.165) is 35.3 Å². The number of nitrogens with one attached hydrogen (secondary N) is 2. The van der Waals surface area contributed by atoms with Gasteiger partial charge in [-0.2, -0.15) is 0 Å². The smallest absolute Gasteiger partial charge is 0.273 e. The third-order valence-electron chi connectivity index (χ3n) is 5.08. The Labute approximate surface area is 180 Å². The van der Waals surface area contributed by atoms with E-state index in [1.807, 2.05) is 39.0 Å². The van der Waals surface area contributed by atoms with E-state index in [2.05, 4.69) is 37.0 Å². The third kappa shape index (κ3) is 4.34. The molecule has 0 bridgehead atoms. The molecule has 1 aromatic carbocycles. The number of rotatable bonds is 3. The van der Waals surface area contributed by atoms with Crippen LogP contribution in [0.3, 0.4) is 0 Å². The average molecular weight is 426 g/mol. The first-order valence-electron chi connectivity index (χ1n) is 9.87. The number of carbonyl (C=O) groups excluding carboxylic acids is 1. The lowest BCUT2D eigenvalue weighted by molar-refractivity contribution is 0.0930. The summed E-state index contributed by atoms with van der Waals surface area (Å²) in [7, 11) is 0. The Balaban J connectivity index is 1.58. The molecule has 2 N–H and O–H groups in total. The zero-order chi connectivity index (χ0) is 21.3. The molecule has 3 heterocycles. The predicted octanol–water partition coefficient (Wildman–Crippen LogP) is 3.11. The van der Waals surface area contributed by atoms with Gasteiger partial charge in [0.1, 0.15) is 0 Å². The molecule has 4 rings (SSSR count). The van der Waals surface area contributed by atoms with Crippen molar-refractivity contribution in [2.24, 2.45) is 0 Å². The van der Waals surface area contributed by atoms with Gasteiger partial charge in [0.05, 0.1) is 23.5 Å². The van der Waals surface area contributed by atoms with E-state index < -0.39 is 0 Å². The lowest BCUT2D eigenvalue weighted by Gasteiger charge is -2.19. The molecule has 0 spiro atoms. The van der Waals surface area contributed by atoms with Crippen molar-refractivity contribution in [2.75, 3.05) is 6.54 Å². The Morgan fingerprint density at radius 2 is 2.13 bits per heavy atom. The molecule has 0 saturated carbocycles. The van der Waals surface area contributed by atoms with Crippen LogP contribution in [0.5, 0.6) is 0 Å². The summed E-state index contributed by atoms with van der Waals surface area (Å²) in [6, 6.07) is 7.84. The van der Waals surface area contributed by atoms with Gasteiger partial charge >= 0.3 is 0 Å². The SMILES string of the molecule is CC(C)(C)n1cc(C(=O)NC2CCNCc3cc(-c4ccnc(Cl)n4)ccc32)nn1. The highest BCUT2D eigenvalue weighted by molar-refractivity contribution is 6.28. The number of benzene rings is 1. The number of nitrogens with zero attached hydrogens (tertiary/aromatic N) is 5. The minimum atomic E-state index is -0.231. The van der Waals surface area contributed by atoms with Crippen molar-refractivity contribution in [3.05, 3.63) is 58.8 Å². The van der Waals surface area contributed by atoms with Crippen LogP contribution in [0.1, 0.15) is 54.8 Å². The molecule has 3 aromatic rings. The first kappa shape index (κ1) is 20.4. The lowest BCUT2D eigenvalue weighted by Crippen LogP contribution is -2.30. The molecule has 0 saturated heterocycles.